The average molecular weight is 368 g/mol. The fraction of sp³-hybridized carbons (Fsp3) is 0.474. The lowest BCUT2D eigenvalue weighted by Gasteiger charge is -2.32. The van der Waals surface area contributed by atoms with E-state index in [-0.39, 0.29) is 23.9 Å². The predicted molar refractivity (Wildman–Crippen MR) is 100 cm³/mol. The molecular formula is C19H24N6O2. The van der Waals surface area contributed by atoms with Crippen molar-refractivity contribution in [1.29, 1.82) is 0 Å². The number of carbonyl (C=O) groups excluding carboxylic acids is 2. The molecule has 2 N–H and O–H groups in total. The number of hydrogen-bond donors (Lipinski definition) is 2. The first kappa shape index (κ1) is 17.5. The van der Waals surface area contributed by atoms with Crippen LogP contribution in [0.2, 0.25) is 0 Å². The highest BCUT2D eigenvalue weighted by molar-refractivity contribution is 5.90. The number of likely N-dealkylation sites (N-methyl/N-ethyl adjacent to an activating group) is 1. The Bertz CT molecular complexity index is 846. The first-order valence-corrected chi connectivity index (χ1v) is 9.29. The van der Waals surface area contributed by atoms with Gasteiger partial charge in [0.05, 0.1) is 5.92 Å². The zero-order valence-corrected chi connectivity index (χ0v) is 15.6. The molecule has 0 saturated carbocycles. The molecule has 2 unspecified atom stereocenters. The van der Waals surface area contributed by atoms with E-state index >= 15 is 0 Å². The molecule has 8 heteroatoms. The van der Waals surface area contributed by atoms with Crippen molar-refractivity contribution in [2.45, 2.75) is 32.2 Å². The number of benzene rings is 1. The van der Waals surface area contributed by atoms with E-state index in [1.165, 1.54) is 0 Å². The molecule has 5 rings (SSSR count). The van der Waals surface area contributed by atoms with Gasteiger partial charge in [-0.05, 0) is 37.5 Å². The molecule has 2 bridgehead atoms. The predicted octanol–water partition coefficient (Wildman–Crippen LogP) is 1.79. The van der Waals surface area contributed by atoms with Crippen molar-refractivity contribution in [3.8, 4) is 0 Å². The molecule has 2 aromatic rings. The van der Waals surface area contributed by atoms with Crippen LogP contribution in [0, 0.1) is 12.8 Å². The van der Waals surface area contributed by atoms with E-state index in [4.69, 9.17) is 0 Å². The molecule has 1 aromatic heterocycles. The Kier molecular flexibility index (Phi) is 4.55. The first-order chi connectivity index (χ1) is 13.0. The summed E-state index contributed by atoms with van der Waals surface area (Å²) in [6, 6.07) is 7.67. The van der Waals surface area contributed by atoms with Crippen LogP contribution in [-0.2, 0) is 11.2 Å². The van der Waals surface area contributed by atoms with Gasteiger partial charge in [-0.1, -0.05) is 12.1 Å². The van der Waals surface area contributed by atoms with Crippen LogP contribution >= 0.6 is 0 Å². The minimum atomic E-state index is -0.146. The van der Waals surface area contributed by atoms with E-state index < -0.39 is 0 Å². The first-order valence-electron chi connectivity index (χ1n) is 9.29. The monoisotopic (exact) mass is 368 g/mol. The Hall–Kier alpha value is -2.90. The zero-order valence-electron chi connectivity index (χ0n) is 15.6. The maximum Gasteiger partial charge on any atom is 0.321 e. The third kappa shape index (κ3) is 3.65. The largest absolute Gasteiger partial charge is 0.341 e. The fourth-order valence-corrected chi connectivity index (χ4v) is 3.88. The SMILES string of the molecule is Cc1nc(Cc2ccc(NC(=O)N3CC4CCC(C3)N(C)C4=O)cc2)n[nH]1. The summed E-state index contributed by atoms with van der Waals surface area (Å²) >= 11 is 0. The lowest BCUT2D eigenvalue weighted by Crippen LogP contribution is -2.45. The number of hydrogen-bond acceptors (Lipinski definition) is 4. The van der Waals surface area contributed by atoms with E-state index in [2.05, 4.69) is 20.5 Å². The smallest absolute Gasteiger partial charge is 0.321 e. The quantitative estimate of drug-likeness (QED) is 0.864. The average Bonchev–Trinajstić information content (AvgIpc) is 2.88. The number of piperidine rings is 1. The van der Waals surface area contributed by atoms with Gasteiger partial charge in [0.1, 0.15) is 5.82 Å². The van der Waals surface area contributed by atoms with Crippen LogP contribution in [0.1, 0.15) is 30.1 Å². The number of anilines is 1. The molecule has 1 aromatic carbocycles. The summed E-state index contributed by atoms with van der Waals surface area (Å²) in [4.78, 5) is 32.9. The van der Waals surface area contributed by atoms with Gasteiger partial charge in [0.2, 0.25) is 5.91 Å². The van der Waals surface area contributed by atoms with Gasteiger partial charge < -0.3 is 15.1 Å². The van der Waals surface area contributed by atoms with E-state index in [9.17, 15) is 9.59 Å². The fourth-order valence-electron chi connectivity index (χ4n) is 3.88. The number of H-pyrrole nitrogens is 1. The van der Waals surface area contributed by atoms with Gasteiger partial charge in [-0.3, -0.25) is 9.89 Å². The normalized spacial score (nSPS) is 22.1. The van der Waals surface area contributed by atoms with E-state index in [0.717, 1.165) is 35.7 Å². The number of amides is 3. The second kappa shape index (κ2) is 7.02. The van der Waals surface area contributed by atoms with E-state index in [1.807, 2.05) is 38.2 Å². The number of aryl methyl sites for hydroxylation is 1. The van der Waals surface area contributed by atoms with E-state index in [0.29, 0.717) is 19.5 Å². The second-order valence-electron chi connectivity index (χ2n) is 7.42. The molecule has 3 aliphatic heterocycles. The van der Waals surface area contributed by atoms with Crippen LogP contribution in [0.25, 0.3) is 0 Å². The topological polar surface area (TPSA) is 94.2 Å². The number of nitrogens with one attached hydrogen (secondary N) is 2. The highest BCUT2D eigenvalue weighted by Crippen LogP contribution is 2.28. The molecule has 142 valence electrons. The molecular weight excluding hydrogens is 344 g/mol. The van der Waals surface area contributed by atoms with Crippen LogP contribution in [0.15, 0.2) is 24.3 Å². The highest BCUT2D eigenvalue weighted by Gasteiger charge is 2.40. The van der Waals surface area contributed by atoms with Crippen molar-refractivity contribution >= 4 is 17.6 Å². The molecule has 27 heavy (non-hydrogen) atoms. The van der Waals surface area contributed by atoms with Crippen molar-refractivity contribution in [2.75, 3.05) is 25.5 Å². The summed E-state index contributed by atoms with van der Waals surface area (Å²) in [6.07, 6.45) is 2.47. The van der Waals surface area contributed by atoms with Crippen molar-refractivity contribution in [3.05, 3.63) is 41.5 Å². The van der Waals surface area contributed by atoms with Gasteiger partial charge in [0.15, 0.2) is 5.82 Å². The third-order valence-electron chi connectivity index (χ3n) is 5.46. The lowest BCUT2D eigenvalue weighted by molar-refractivity contribution is -0.138. The van der Waals surface area contributed by atoms with Crippen molar-refractivity contribution in [2.24, 2.45) is 5.92 Å². The maximum atomic E-state index is 12.7. The molecule has 0 spiro atoms. The van der Waals surface area contributed by atoms with Crippen molar-refractivity contribution in [1.82, 2.24) is 25.0 Å². The second-order valence-corrected chi connectivity index (χ2v) is 7.42. The van der Waals surface area contributed by atoms with Crippen molar-refractivity contribution in [3.63, 3.8) is 0 Å². The number of carbonyl (C=O) groups is 2. The highest BCUT2D eigenvalue weighted by atomic mass is 16.2. The Morgan fingerprint density at radius 2 is 2.04 bits per heavy atom. The zero-order chi connectivity index (χ0) is 19.0. The maximum absolute atomic E-state index is 12.7. The van der Waals surface area contributed by atoms with Gasteiger partial charge >= 0.3 is 6.03 Å². The Labute approximate surface area is 158 Å². The van der Waals surface area contributed by atoms with Gasteiger partial charge in [-0.2, -0.15) is 5.10 Å². The molecule has 8 nitrogen and oxygen atoms in total. The number of nitrogens with zero attached hydrogens (tertiary/aromatic N) is 4. The standard InChI is InChI=1S/C19H24N6O2/c1-12-20-17(23-22-12)9-13-3-6-15(7-4-13)21-19(27)25-10-14-5-8-16(11-25)24(2)18(14)26/h3-4,6-7,14,16H,5,8-11H2,1-2H3,(H,21,27)(H,20,22,23). The number of aromatic amines is 1. The molecule has 0 aliphatic carbocycles. The van der Waals surface area contributed by atoms with Gasteiger partial charge in [-0.25, -0.2) is 9.78 Å². The summed E-state index contributed by atoms with van der Waals surface area (Å²) in [7, 11) is 1.84. The van der Waals surface area contributed by atoms with E-state index in [1.54, 1.807) is 9.80 Å². The summed E-state index contributed by atoms with van der Waals surface area (Å²) in [5, 5.41) is 9.93. The minimum Gasteiger partial charge on any atom is -0.341 e. The van der Waals surface area contributed by atoms with Crippen LogP contribution in [0.5, 0.6) is 0 Å². The molecule has 3 saturated heterocycles. The molecule has 4 heterocycles. The van der Waals surface area contributed by atoms with Crippen LogP contribution in [0.3, 0.4) is 0 Å². The lowest BCUT2D eigenvalue weighted by atomic mass is 9.95. The third-order valence-corrected chi connectivity index (χ3v) is 5.46. The number of fused-ring (bicyclic) bond motifs is 4. The number of aromatic nitrogens is 3. The Morgan fingerprint density at radius 1 is 1.26 bits per heavy atom. The van der Waals surface area contributed by atoms with Crippen molar-refractivity contribution < 1.29 is 9.59 Å². The molecule has 3 amide bonds. The Balaban J connectivity index is 1.39. The Morgan fingerprint density at radius 3 is 2.74 bits per heavy atom. The molecule has 3 aliphatic rings. The van der Waals surface area contributed by atoms with Crippen LogP contribution in [-0.4, -0.2) is 63.1 Å². The molecule has 0 radical (unpaired) electrons. The van der Waals surface area contributed by atoms with Gasteiger partial charge in [-0.15, -0.1) is 0 Å². The van der Waals surface area contributed by atoms with Crippen LogP contribution in [0.4, 0.5) is 10.5 Å². The van der Waals surface area contributed by atoms with Crippen LogP contribution < -0.4 is 5.32 Å². The molecule has 3 fully saturated rings. The minimum absolute atomic E-state index is 0.0771. The summed E-state index contributed by atoms with van der Waals surface area (Å²) in [5.41, 5.74) is 1.82. The summed E-state index contributed by atoms with van der Waals surface area (Å²) < 4.78 is 0. The molecule has 2 atom stereocenters. The van der Waals surface area contributed by atoms with Gasteiger partial charge in [0.25, 0.3) is 0 Å². The number of urea groups is 1. The number of rotatable bonds is 3. The van der Waals surface area contributed by atoms with Gasteiger partial charge in [0, 0.05) is 38.3 Å². The summed E-state index contributed by atoms with van der Waals surface area (Å²) in [5.74, 6) is 1.63. The summed E-state index contributed by atoms with van der Waals surface area (Å²) in [6.45, 7) is 2.95.